The van der Waals surface area contributed by atoms with E-state index in [1.807, 2.05) is 43.0 Å². The third-order valence-electron chi connectivity index (χ3n) is 4.60. The standard InChI is InChI=1S/C22H19FN2O2S/c1-14-11-25(12-15(2)27-14)20-10-18(23)16(9-17(20)13-26)7-8-22-24-19-5-3-4-6-21(19)28-22/h3-6,9-10,13-15H,11-12H2,1-2H3. The number of para-hydroxylation sites is 1. The fourth-order valence-corrected chi connectivity index (χ4v) is 4.28. The molecule has 4 nitrogen and oxygen atoms in total. The van der Waals surface area contributed by atoms with Crippen molar-refractivity contribution in [2.24, 2.45) is 0 Å². The van der Waals surface area contributed by atoms with E-state index in [-0.39, 0.29) is 17.8 Å². The SMILES string of the molecule is CC1CN(c2cc(F)c(C#Cc3nc4ccccc4s3)cc2C=O)CC(C)O1. The van der Waals surface area contributed by atoms with Gasteiger partial charge in [-0.3, -0.25) is 4.79 Å². The molecule has 1 aromatic heterocycles. The quantitative estimate of drug-likeness (QED) is 0.481. The Morgan fingerprint density at radius 2 is 1.96 bits per heavy atom. The molecule has 2 aromatic carbocycles. The van der Waals surface area contributed by atoms with Crippen molar-refractivity contribution in [3.05, 3.63) is 58.3 Å². The summed E-state index contributed by atoms with van der Waals surface area (Å²) >= 11 is 1.46. The fourth-order valence-electron chi connectivity index (χ4n) is 3.46. The zero-order valence-corrected chi connectivity index (χ0v) is 16.4. The van der Waals surface area contributed by atoms with E-state index >= 15 is 0 Å². The molecule has 0 amide bonds. The fraction of sp³-hybridized carbons (Fsp3) is 0.273. The van der Waals surface area contributed by atoms with Crippen molar-refractivity contribution >= 4 is 33.5 Å². The summed E-state index contributed by atoms with van der Waals surface area (Å²) in [6.45, 7) is 5.16. The molecule has 1 saturated heterocycles. The molecule has 0 bridgehead atoms. The minimum atomic E-state index is -0.444. The smallest absolute Gasteiger partial charge is 0.168 e. The summed E-state index contributed by atoms with van der Waals surface area (Å²) in [4.78, 5) is 18.1. The third-order valence-corrected chi connectivity index (χ3v) is 5.55. The van der Waals surface area contributed by atoms with Crippen LogP contribution in [0.4, 0.5) is 10.1 Å². The topological polar surface area (TPSA) is 42.4 Å². The van der Waals surface area contributed by atoms with Crippen LogP contribution in [0.1, 0.15) is 34.8 Å². The lowest BCUT2D eigenvalue weighted by atomic mass is 10.1. The number of nitrogens with zero attached hydrogens (tertiary/aromatic N) is 2. The minimum absolute atomic E-state index is 0.0183. The van der Waals surface area contributed by atoms with Crippen molar-refractivity contribution in [2.75, 3.05) is 18.0 Å². The number of hydrogen-bond donors (Lipinski definition) is 0. The molecule has 0 saturated carbocycles. The lowest BCUT2D eigenvalue weighted by Gasteiger charge is -2.37. The highest BCUT2D eigenvalue weighted by Crippen LogP contribution is 2.27. The van der Waals surface area contributed by atoms with Crippen LogP contribution in [0.2, 0.25) is 0 Å². The summed E-state index contributed by atoms with van der Waals surface area (Å²) in [5, 5.41) is 0.619. The van der Waals surface area contributed by atoms with Crippen molar-refractivity contribution in [2.45, 2.75) is 26.1 Å². The second kappa shape index (κ2) is 7.70. The number of fused-ring (bicyclic) bond motifs is 1. The maximum absolute atomic E-state index is 14.7. The molecule has 6 heteroatoms. The molecule has 0 N–H and O–H groups in total. The van der Waals surface area contributed by atoms with Crippen LogP contribution in [-0.2, 0) is 4.74 Å². The molecule has 2 heterocycles. The lowest BCUT2D eigenvalue weighted by molar-refractivity contribution is -0.00527. The molecule has 0 spiro atoms. The van der Waals surface area contributed by atoms with Crippen LogP contribution in [0.5, 0.6) is 0 Å². The predicted octanol–water partition coefficient (Wildman–Crippen LogP) is 4.26. The molecular formula is C22H19FN2O2S. The number of morpholine rings is 1. The minimum Gasteiger partial charge on any atom is -0.372 e. The molecule has 142 valence electrons. The van der Waals surface area contributed by atoms with E-state index in [1.165, 1.54) is 23.5 Å². The number of carbonyl (C=O) groups excluding carboxylic acids is 1. The molecule has 1 fully saturated rings. The summed E-state index contributed by atoms with van der Waals surface area (Å²) < 4.78 is 21.5. The molecule has 2 atom stereocenters. The van der Waals surface area contributed by atoms with Gasteiger partial charge in [0.05, 0.1) is 33.7 Å². The maximum Gasteiger partial charge on any atom is 0.168 e. The van der Waals surface area contributed by atoms with Crippen molar-refractivity contribution in [1.82, 2.24) is 4.98 Å². The molecular weight excluding hydrogens is 375 g/mol. The molecule has 0 aliphatic carbocycles. The van der Waals surface area contributed by atoms with Crippen LogP contribution in [0.3, 0.4) is 0 Å². The zero-order chi connectivity index (χ0) is 19.7. The Morgan fingerprint density at radius 1 is 1.21 bits per heavy atom. The number of benzene rings is 2. The number of carbonyl (C=O) groups is 1. The van der Waals surface area contributed by atoms with Gasteiger partial charge in [-0.05, 0) is 44.0 Å². The van der Waals surface area contributed by atoms with E-state index in [1.54, 1.807) is 0 Å². The summed E-state index contributed by atoms with van der Waals surface area (Å²) in [6, 6.07) is 10.7. The maximum atomic E-state index is 14.7. The van der Waals surface area contributed by atoms with Crippen LogP contribution >= 0.6 is 11.3 Å². The highest BCUT2D eigenvalue weighted by atomic mass is 32.1. The van der Waals surface area contributed by atoms with Gasteiger partial charge < -0.3 is 9.64 Å². The van der Waals surface area contributed by atoms with E-state index in [2.05, 4.69) is 16.8 Å². The Balaban J connectivity index is 1.67. The molecule has 28 heavy (non-hydrogen) atoms. The zero-order valence-electron chi connectivity index (χ0n) is 15.6. The van der Waals surface area contributed by atoms with E-state index in [9.17, 15) is 9.18 Å². The number of halogens is 1. The number of rotatable bonds is 2. The first-order valence-corrected chi connectivity index (χ1v) is 9.92. The van der Waals surface area contributed by atoms with Gasteiger partial charge in [-0.1, -0.05) is 18.1 Å². The van der Waals surface area contributed by atoms with Gasteiger partial charge in [0.1, 0.15) is 5.82 Å². The normalized spacial score (nSPS) is 19.3. The van der Waals surface area contributed by atoms with Crippen molar-refractivity contribution < 1.29 is 13.9 Å². The first kappa shape index (κ1) is 18.6. The van der Waals surface area contributed by atoms with Gasteiger partial charge in [0.25, 0.3) is 0 Å². The van der Waals surface area contributed by atoms with Gasteiger partial charge in [0.2, 0.25) is 0 Å². The third kappa shape index (κ3) is 3.77. The molecule has 3 aromatic rings. The monoisotopic (exact) mass is 394 g/mol. The summed E-state index contributed by atoms with van der Waals surface area (Å²) in [7, 11) is 0. The molecule has 1 aliphatic rings. The second-order valence-corrected chi connectivity index (χ2v) is 7.94. The first-order valence-electron chi connectivity index (χ1n) is 9.10. The van der Waals surface area contributed by atoms with Crippen molar-refractivity contribution in [3.63, 3.8) is 0 Å². The highest BCUT2D eigenvalue weighted by Gasteiger charge is 2.24. The lowest BCUT2D eigenvalue weighted by Crippen LogP contribution is -2.45. The van der Waals surface area contributed by atoms with Gasteiger partial charge in [0, 0.05) is 18.7 Å². The first-order chi connectivity index (χ1) is 13.5. The van der Waals surface area contributed by atoms with Crippen LogP contribution in [0.25, 0.3) is 10.2 Å². The van der Waals surface area contributed by atoms with E-state index in [4.69, 9.17) is 4.74 Å². The van der Waals surface area contributed by atoms with Gasteiger partial charge in [-0.2, -0.15) is 0 Å². The summed E-state index contributed by atoms with van der Waals surface area (Å²) in [6.07, 6.45) is 0.789. The van der Waals surface area contributed by atoms with E-state index in [0.717, 1.165) is 16.5 Å². The van der Waals surface area contributed by atoms with Crippen LogP contribution in [0, 0.1) is 17.7 Å². The number of thiazole rings is 1. The van der Waals surface area contributed by atoms with Crippen LogP contribution < -0.4 is 4.90 Å². The van der Waals surface area contributed by atoms with Crippen LogP contribution in [-0.4, -0.2) is 36.6 Å². The summed E-state index contributed by atoms with van der Waals surface area (Å²) in [5.41, 5.74) is 2.08. The average molecular weight is 394 g/mol. The number of aromatic nitrogens is 1. The van der Waals surface area contributed by atoms with Crippen molar-refractivity contribution in [3.8, 4) is 11.8 Å². The van der Waals surface area contributed by atoms with E-state index in [0.29, 0.717) is 29.3 Å². The molecule has 1 aliphatic heterocycles. The average Bonchev–Trinajstić information content (AvgIpc) is 3.09. The Hall–Kier alpha value is -2.75. The molecule has 2 unspecified atom stereocenters. The Morgan fingerprint density at radius 3 is 2.68 bits per heavy atom. The van der Waals surface area contributed by atoms with Gasteiger partial charge >= 0.3 is 0 Å². The summed E-state index contributed by atoms with van der Waals surface area (Å²) in [5.74, 6) is 5.31. The Bertz CT molecular complexity index is 1060. The number of anilines is 1. The largest absolute Gasteiger partial charge is 0.372 e. The van der Waals surface area contributed by atoms with Crippen molar-refractivity contribution in [1.29, 1.82) is 0 Å². The van der Waals surface area contributed by atoms with Gasteiger partial charge in [-0.25, -0.2) is 9.37 Å². The number of ether oxygens (including phenoxy) is 1. The number of aldehydes is 1. The predicted molar refractivity (Wildman–Crippen MR) is 110 cm³/mol. The highest BCUT2D eigenvalue weighted by molar-refractivity contribution is 7.19. The van der Waals surface area contributed by atoms with E-state index < -0.39 is 5.82 Å². The molecule has 4 rings (SSSR count). The van der Waals surface area contributed by atoms with Crippen LogP contribution in [0.15, 0.2) is 36.4 Å². The molecule has 0 radical (unpaired) electrons. The second-order valence-electron chi connectivity index (χ2n) is 6.91. The Labute approximate surface area is 167 Å². The Kier molecular flexibility index (Phi) is 5.12. The van der Waals surface area contributed by atoms with Gasteiger partial charge in [0.15, 0.2) is 11.3 Å². The van der Waals surface area contributed by atoms with Gasteiger partial charge in [-0.15, -0.1) is 11.3 Å². The number of hydrogen-bond acceptors (Lipinski definition) is 5.